The summed E-state index contributed by atoms with van der Waals surface area (Å²) in [5.41, 5.74) is 0. The molecule has 2 aliphatic rings. The Morgan fingerprint density at radius 2 is 2.53 bits per heavy atom. The number of rotatable bonds is 2. The van der Waals surface area contributed by atoms with Gasteiger partial charge in [0.2, 0.25) is 17.7 Å². The fourth-order valence-electron chi connectivity index (χ4n) is 1.50. The Bertz CT molecular complexity index is 329. The number of carbonyl (C=O) groups excluding carboxylic acids is 2. The molecule has 15 heavy (non-hydrogen) atoms. The van der Waals surface area contributed by atoms with Crippen LogP contribution in [0.25, 0.3) is 0 Å². The lowest BCUT2D eigenvalue weighted by molar-refractivity contribution is -0.144. The van der Waals surface area contributed by atoms with Crippen LogP contribution in [0.15, 0.2) is 11.3 Å². The molecule has 0 aliphatic carbocycles. The molecule has 1 N–H and O–H groups in total. The molecule has 6 heteroatoms. The topological polar surface area (TPSA) is 58.6 Å². The van der Waals surface area contributed by atoms with E-state index in [0.717, 1.165) is 5.75 Å². The average Bonchev–Trinajstić information content (AvgIpc) is 2.24. The molecule has 2 heterocycles. The first-order chi connectivity index (χ1) is 7.20. The van der Waals surface area contributed by atoms with Crippen LogP contribution in [0.5, 0.6) is 0 Å². The summed E-state index contributed by atoms with van der Waals surface area (Å²) in [6, 6.07) is -0.396. The Kier molecular flexibility index (Phi) is 2.86. The summed E-state index contributed by atoms with van der Waals surface area (Å²) in [6.45, 7) is 2.52. The predicted molar refractivity (Wildman–Crippen MR) is 55.8 cm³/mol. The zero-order chi connectivity index (χ0) is 10.8. The van der Waals surface area contributed by atoms with Crippen LogP contribution < -0.4 is 5.32 Å². The van der Waals surface area contributed by atoms with Gasteiger partial charge in [0.1, 0.15) is 6.04 Å². The van der Waals surface area contributed by atoms with Crippen molar-refractivity contribution in [1.29, 1.82) is 0 Å². The third kappa shape index (κ3) is 1.94. The highest BCUT2D eigenvalue weighted by atomic mass is 32.2. The minimum atomic E-state index is -0.396. The maximum Gasteiger partial charge on any atom is 0.245 e. The second kappa shape index (κ2) is 4.14. The molecule has 2 amide bonds. The number of carbonyl (C=O) groups is 2. The van der Waals surface area contributed by atoms with Crippen molar-refractivity contribution in [2.45, 2.75) is 13.0 Å². The minimum absolute atomic E-state index is 0.120. The standard InChI is InChI=1S/C9H12N2O3S/c1-6(12)11(7-4-10-9(7)13)8-5-15-3-2-14-8/h5,7H,2-4H2,1H3,(H,10,13). The van der Waals surface area contributed by atoms with Crippen molar-refractivity contribution in [3.05, 3.63) is 11.3 Å². The average molecular weight is 228 g/mol. The normalized spacial score (nSPS) is 24.5. The van der Waals surface area contributed by atoms with E-state index < -0.39 is 6.04 Å². The number of nitrogens with zero attached hydrogens (tertiary/aromatic N) is 1. The number of ether oxygens (including phenoxy) is 1. The number of nitrogens with one attached hydrogen (secondary N) is 1. The number of amides is 2. The molecule has 2 rings (SSSR count). The number of hydrogen-bond acceptors (Lipinski definition) is 4. The molecule has 0 aromatic heterocycles. The Labute approximate surface area is 91.8 Å². The molecule has 0 aromatic carbocycles. The SMILES string of the molecule is CC(=O)N(C1=CSCCO1)C1CNC1=O. The van der Waals surface area contributed by atoms with Gasteiger partial charge in [0.05, 0.1) is 6.61 Å². The van der Waals surface area contributed by atoms with E-state index in [9.17, 15) is 9.59 Å². The van der Waals surface area contributed by atoms with Gasteiger partial charge in [-0.2, -0.15) is 0 Å². The minimum Gasteiger partial charge on any atom is -0.477 e. The first-order valence-electron chi connectivity index (χ1n) is 4.72. The quantitative estimate of drug-likeness (QED) is 0.670. The fraction of sp³-hybridized carbons (Fsp3) is 0.556. The number of hydrogen-bond donors (Lipinski definition) is 1. The summed E-state index contributed by atoms with van der Waals surface area (Å²) in [5.74, 6) is 1.10. The zero-order valence-corrected chi connectivity index (χ0v) is 9.17. The van der Waals surface area contributed by atoms with Crippen LogP contribution in [0.3, 0.4) is 0 Å². The van der Waals surface area contributed by atoms with E-state index in [1.54, 1.807) is 17.2 Å². The van der Waals surface area contributed by atoms with Gasteiger partial charge in [-0.3, -0.25) is 14.5 Å². The predicted octanol–water partition coefficient (Wildman–Crippen LogP) is -0.104. The van der Waals surface area contributed by atoms with Crippen molar-refractivity contribution in [2.24, 2.45) is 0 Å². The molecular weight excluding hydrogens is 216 g/mol. The van der Waals surface area contributed by atoms with E-state index in [0.29, 0.717) is 19.0 Å². The van der Waals surface area contributed by atoms with Crippen LogP contribution in [0, 0.1) is 0 Å². The van der Waals surface area contributed by atoms with E-state index in [-0.39, 0.29) is 11.8 Å². The first kappa shape index (κ1) is 10.4. The van der Waals surface area contributed by atoms with E-state index in [1.807, 2.05) is 0 Å². The monoisotopic (exact) mass is 228 g/mol. The Morgan fingerprint density at radius 3 is 2.93 bits per heavy atom. The molecule has 1 unspecified atom stereocenters. The van der Waals surface area contributed by atoms with Gasteiger partial charge in [0.25, 0.3) is 0 Å². The Morgan fingerprint density at radius 1 is 1.73 bits per heavy atom. The lowest BCUT2D eigenvalue weighted by Gasteiger charge is -2.37. The summed E-state index contributed by atoms with van der Waals surface area (Å²) >= 11 is 1.59. The Hall–Kier alpha value is -1.17. The highest BCUT2D eigenvalue weighted by Crippen LogP contribution is 2.22. The molecule has 0 saturated carbocycles. The summed E-state index contributed by atoms with van der Waals surface area (Å²) in [4.78, 5) is 24.1. The van der Waals surface area contributed by atoms with E-state index >= 15 is 0 Å². The summed E-state index contributed by atoms with van der Waals surface area (Å²) in [7, 11) is 0. The second-order valence-corrected chi connectivity index (χ2v) is 4.30. The van der Waals surface area contributed by atoms with Gasteiger partial charge < -0.3 is 10.1 Å². The van der Waals surface area contributed by atoms with E-state index in [2.05, 4.69) is 5.32 Å². The molecule has 1 fully saturated rings. The van der Waals surface area contributed by atoms with Crippen LogP contribution in [0.1, 0.15) is 6.92 Å². The molecule has 0 spiro atoms. The van der Waals surface area contributed by atoms with Crippen LogP contribution in [-0.2, 0) is 14.3 Å². The molecule has 1 saturated heterocycles. The fourth-order valence-corrected chi connectivity index (χ4v) is 2.12. The van der Waals surface area contributed by atoms with Crippen molar-refractivity contribution in [1.82, 2.24) is 10.2 Å². The maximum absolute atomic E-state index is 11.4. The van der Waals surface area contributed by atoms with Crippen LogP contribution in [0.4, 0.5) is 0 Å². The van der Waals surface area contributed by atoms with Gasteiger partial charge in [-0.25, -0.2) is 0 Å². The molecule has 82 valence electrons. The summed E-state index contributed by atoms with van der Waals surface area (Å²) in [5, 5.41) is 4.40. The van der Waals surface area contributed by atoms with Crippen LogP contribution in [-0.4, -0.2) is 41.7 Å². The number of thioether (sulfide) groups is 1. The zero-order valence-electron chi connectivity index (χ0n) is 8.36. The van der Waals surface area contributed by atoms with Gasteiger partial charge in [-0.1, -0.05) is 0 Å². The smallest absolute Gasteiger partial charge is 0.245 e. The van der Waals surface area contributed by atoms with Crippen molar-refractivity contribution in [2.75, 3.05) is 18.9 Å². The van der Waals surface area contributed by atoms with Crippen molar-refractivity contribution >= 4 is 23.6 Å². The van der Waals surface area contributed by atoms with Gasteiger partial charge in [-0.05, 0) is 0 Å². The van der Waals surface area contributed by atoms with E-state index in [1.165, 1.54) is 11.8 Å². The molecule has 0 radical (unpaired) electrons. The third-order valence-corrected chi connectivity index (χ3v) is 3.07. The molecular formula is C9H12N2O3S. The third-order valence-electron chi connectivity index (χ3n) is 2.30. The summed E-state index contributed by atoms with van der Waals surface area (Å²) < 4.78 is 5.37. The highest BCUT2D eigenvalue weighted by Gasteiger charge is 2.38. The molecule has 5 nitrogen and oxygen atoms in total. The molecule has 1 atom stereocenters. The van der Waals surface area contributed by atoms with Gasteiger partial charge in [0, 0.05) is 24.6 Å². The first-order valence-corrected chi connectivity index (χ1v) is 5.77. The Balaban J connectivity index is 2.15. The van der Waals surface area contributed by atoms with Crippen molar-refractivity contribution < 1.29 is 14.3 Å². The van der Waals surface area contributed by atoms with Gasteiger partial charge in [-0.15, -0.1) is 11.8 Å². The highest BCUT2D eigenvalue weighted by molar-refractivity contribution is 8.02. The molecule has 0 aromatic rings. The molecule has 0 bridgehead atoms. The summed E-state index contributed by atoms with van der Waals surface area (Å²) in [6.07, 6.45) is 0. The van der Waals surface area contributed by atoms with E-state index in [4.69, 9.17) is 4.74 Å². The van der Waals surface area contributed by atoms with Crippen molar-refractivity contribution in [3.63, 3.8) is 0 Å². The van der Waals surface area contributed by atoms with Crippen molar-refractivity contribution in [3.8, 4) is 0 Å². The van der Waals surface area contributed by atoms with Crippen LogP contribution in [0.2, 0.25) is 0 Å². The lowest BCUT2D eigenvalue weighted by atomic mass is 10.1. The molecule has 2 aliphatic heterocycles. The maximum atomic E-state index is 11.4. The number of β-lactam (4-membered cyclic amide) rings is 1. The van der Waals surface area contributed by atoms with Crippen LogP contribution >= 0.6 is 11.8 Å². The van der Waals surface area contributed by atoms with Gasteiger partial charge >= 0.3 is 0 Å². The lowest BCUT2D eigenvalue weighted by Crippen LogP contribution is -2.62. The second-order valence-electron chi connectivity index (χ2n) is 3.33. The van der Waals surface area contributed by atoms with Gasteiger partial charge in [0.15, 0.2) is 0 Å². The largest absolute Gasteiger partial charge is 0.477 e.